The van der Waals surface area contributed by atoms with Crippen molar-refractivity contribution < 1.29 is 17.2 Å². The lowest BCUT2D eigenvalue weighted by Crippen LogP contribution is -2.39. The number of hydrogen-bond acceptors (Lipinski definition) is 3. The van der Waals surface area contributed by atoms with Crippen LogP contribution in [0.4, 0.5) is 8.78 Å². The van der Waals surface area contributed by atoms with Gasteiger partial charge in [0.05, 0.1) is 11.9 Å². The van der Waals surface area contributed by atoms with E-state index in [9.17, 15) is 17.2 Å². The minimum absolute atomic E-state index is 0.244. The third kappa shape index (κ3) is 5.01. The number of halogens is 3. The minimum Gasteiger partial charge on any atom is -0.387 e. The second kappa shape index (κ2) is 7.50. The average molecular weight is 397 g/mol. The summed E-state index contributed by atoms with van der Waals surface area (Å²) in [7, 11) is -3.87. The van der Waals surface area contributed by atoms with E-state index in [1.54, 1.807) is 6.92 Å². The van der Waals surface area contributed by atoms with Crippen LogP contribution in [0.2, 0.25) is 0 Å². The van der Waals surface area contributed by atoms with Gasteiger partial charge >= 0.3 is 0 Å². The molecule has 4 nitrogen and oxygen atoms in total. The highest BCUT2D eigenvalue weighted by molar-refractivity contribution is 9.10. The fourth-order valence-electron chi connectivity index (χ4n) is 2.21. The lowest BCUT2D eigenvalue weighted by molar-refractivity contribution is 0.345. The van der Waals surface area contributed by atoms with Crippen LogP contribution in [0, 0.1) is 11.2 Å². The molecule has 1 aromatic carbocycles. The highest BCUT2D eigenvalue weighted by Crippen LogP contribution is 2.26. The van der Waals surface area contributed by atoms with Crippen molar-refractivity contribution >= 4 is 31.6 Å². The molecule has 0 bridgehead atoms. The van der Waals surface area contributed by atoms with E-state index in [-0.39, 0.29) is 12.0 Å². The van der Waals surface area contributed by atoms with Gasteiger partial charge in [-0.15, -0.1) is 0 Å². The Balaban J connectivity index is 3.04. The summed E-state index contributed by atoms with van der Waals surface area (Å²) in [6.07, 6.45) is -1.77. The predicted octanol–water partition coefficient (Wildman–Crippen LogP) is 3.16. The van der Waals surface area contributed by atoms with Gasteiger partial charge in [-0.25, -0.2) is 17.2 Å². The van der Waals surface area contributed by atoms with Gasteiger partial charge in [-0.3, -0.25) is 5.41 Å². The molecule has 0 heterocycles. The molecule has 3 N–H and O–H groups in total. The summed E-state index contributed by atoms with van der Waals surface area (Å²) in [6.45, 7) is 2.78. The molecule has 3 unspecified atom stereocenters. The zero-order chi connectivity index (χ0) is 17.1. The van der Waals surface area contributed by atoms with E-state index in [0.717, 1.165) is 0 Å². The van der Waals surface area contributed by atoms with Crippen LogP contribution in [0.3, 0.4) is 0 Å². The standard InChI is InChI=1S/C14H19BrF2N2O2S/c1-8(11-6-10(15)3-4-12(11)17)7-22(20,21)13(14(18)19)5-9(2)16/h3-4,6,8-9,13H,5,7H2,1-2H3,(H3,18,19). The molecule has 0 aromatic heterocycles. The third-order valence-corrected chi connectivity index (χ3v) is 6.06. The number of hydrogen-bond donors (Lipinski definition) is 2. The molecule has 0 aliphatic carbocycles. The van der Waals surface area contributed by atoms with Gasteiger partial charge in [-0.2, -0.15) is 0 Å². The van der Waals surface area contributed by atoms with Crippen LogP contribution in [-0.4, -0.2) is 31.4 Å². The Hall–Kier alpha value is -1.02. The Morgan fingerprint density at radius 1 is 1.41 bits per heavy atom. The molecule has 0 radical (unpaired) electrons. The van der Waals surface area contributed by atoms with Gasteiger partial charge in [0.1, 0.15) is 16.9 Å². The topological polar surface area (TPSA) is 84.0 Å². The minimum atomic E-state index is -3.87. The van der Waals surface area contributed by atoms with Crippen LogP contribution in [0.25, 0.3) is 0 Å². The maximum atomic E-state index is 13.8. The Morgan fingerprint density at radius 3 is 2.50 bits per heavy atom. The van der Waals surface area contributed by atoms with Gasteiger partial charge < -0.3 is 5.73 Å². The van der Waals surface area contributed by atoms with Crippen molar-refractivity contribution in [1.29, 1.82) is 5.41 Å². The molecule has 0 aliphatic heterocycles. The summed E-state index contributed by atoms with van der Waals surface area (Å²) in [6, 6.07) is 4.27. The van der Waals surface area contributed by atoms with Crippen molar-refractivity contribution in [2.75, 3.05) is 5.75 Å². The van der Waals surface area contributed by atoms with Gasteiger partial charge in [0.2, 0.25) is 0 Å². The molecule has 0 saturated heterocycles. The molecular weight excluding hydrogens is 378 g/mol. The lowest BCUT2D eigenvalue weighted by atomic mass is 10.0. The van der Waals surface area contributed by atoms with Crippen molar-refractivity contribution in [2.24, 2.45) is 5.73 Å². The van der Waals surface area contributed by atoms with Crippen LogP contribution < -0.4 is 5.73 Å². The van der Waals surface area contributed by atoms with Crippen molar-refractivity contribution in [3.8, 4) is 0 Å². The number of rotatable bonds is 7. The number of alkyl halides is 1. The number of nitrogens with two attached hydrogens (primary N) is 1. The molecular formula is C14H19BrF2N2O2S. The smallest absolute Gasteiger partial charge is 0.161 e. The molecule has 0 saturated carbocycles. The van der Waals surface area contributed by atoms with Crippen LogP contribution in [0.5, 0.6) is 0 Å². The van der Waals surface area contributed by atoms with E-state index in [1.165, 1.54) is 25.1 Å². The molecule has 22 heavy (non-hydrogen) atoms. The van der Waals surface area contributed by atoms with Crippen LogP contribution in [0.15, 0.2) is 22.7 Å². The van der Waals surface area contributed by atoms with Gasteiger partial charge in [0.25, 0.3) is 0 Å². The van der Waals surface area contributed by atoms with E-state index in [4.69, 9.17) is 11.1 Å². The van der Waals surface area contributed by atoms with Crippen LogP contribution in [-0.2, 0) is 9.84 Å². The summed E-state index contributed by atoms with van der Waals surface area (Å²) in [4.78, 5) is 0. The van der Waals surface area contributed by atoms with E-state index in [2.05, 4.69) is 15.9 Å². The first-order chi connectivity index (χ1) is 10.0. The molecule has 124 valence electrons. The maximum absolute atomic E-state index is 13.8. The number of sulfone groups is 1. The second-order valence-electron chi connectivity index (χ2n) is 5.36. The molecule has 0 spiro atoms. The van der Waals surface area contributed by atoms with Gasteiger partial charge in [0, 0.05) is 10.9 Å². The van der Waals surface area contributed by atoms with Gasteiger partial charge in [-0.05, 0) is 36.6 Å². The normalized spacial score (nSPS) is 16.0. The third-order valence-electron chi connectivity index (χ3n) is 3.29. The molecule has 0 amide bonds. The zero-order valence-corrected chi connectivity index (χ0v) is 14.7. The largest absolute Gasteiger partial charge is 0.387 e. The zero-order valence-electron chi connectivity index (χ0n) is 12.3. The fraction of sp³-hybridized carbons (Fsp3) is 0.500. The molecule has 8 heteroatoms. The SMILES string of the molecule is CC(F)CC(C(=N)N)S(=O)(=O)CC(C)c1cc(Br)ccc1F. The van der Waals surface area contributed by atoms with Crippen molar-refractivity contribution in [3.05, 3.63) is 34.1 Å². The van der Waals surface area contributed by atoms with E-state index >= 15 is 0 Å². The summed E-state index contributed by atoms with van der Waals surface area (Å²) in [5, 5.41) is 5.99. The molecule has 1 rings (SSSR count). The molecule has 3 atom stereocenters. The summed E-state index contributed by atoms with van der Waals surface area (Å²) >= 11 is 3.21. The first kappa shape index (κ1) is 19.0. The van der Waals surface area contributed by atoms with E-state index < -0.39 is 44.6 Å². The first-order valence-electron chi connectivity index (χ1n) is 6.69. The van der Waals surface area contributed by atoms with Crippen molar-refractivity contribution in [3.63, 3.8) is 0 Å². The predicted molar refractivity (Wildman–Crippen MR) is 87.2 cm³/mol. The Labute approximate surface area is 137 Å². The number of amidine groups is 1. The average Bonchev–Trinajstić information content (AvgIpc) is 2.37. The van der Waals surface area contributed by atoms with E-state index in [0.29, 0.717) is 4.47 Å². The van der Waals surface area contributed by atoms with Gasteiger partial charge in [-0.1, -0.05) is 22.9 Å². The highest BCUT2D eigenvalue weighted by atomic mass is 79.9. The van der Waals surface area contributed by atoms with Crippen molar-refractivity contribution in [2.45, 2.75) is 37.6 Å². The lowest BCUT2D eigenvalue weighted by Gasteiger charge is -2.20. The van der Waals surface area contributed by atoms with Crippen molar-refractivity contribution in [1.82, 2.24) is 0 Å². The monoisotopic (exact) mass is 396 g/mol. The van der Waals surface area contributed by atoms with Crippen LogP contribution >= 0.6 is 15.9 Å². The summed E-state index contributed by atoms with van der Waals surface area (Å²) in [5.74, 6) is -2.15. The number of nitrogens with one attached hydrogen (secondary N) is 1. The Kier molecular flexibility index (Phi) is 6.49. The Bertz CT molecular complexity index is 650. The molecule has 1 aromatic rings. The van der Waals surface area contributed by atoms with Crippen LogP contribution in [0.1, 0.15) is 31.7 Å². The maximum Gasteiger partial charge on any atom is 0.161 e. The first-order valence-corrected chi connectivity index (χ1v) is 9.20. The summed E-state index contributed by atoms with van der Waals surface area (Å²) in [5.41, 5.74) is 5.54. The Morgan fingerprint density at radius 2 is 2.00 bits per heavy atom. The summed E-state index contributed by atoms with van der Waals surface area (Å²) < 4.78 is 52.3. The second-order valence-corrected chi connectivity index (χ2v) is 8.50. The molecule has 0 aliphatic rings. The van der Waals surface area contributed by atoms with Gasteiger partial charge in [0.15, 0.2) is 9.84 Å². The number of benzene rings is 1. The fourth-order valence-corrected chi connectivity index (χ4v) is 4.64. The highest BCUT2D eigenvalue weighted by Gasteiger charge is 2.32. The van der Waals surface area contributed by atoms with E-state index in [1.807, 2.05) is 0 Å². The molecule has 0 fully saturated rings. The quantitative estimate of drug-likeness (QED) is 0.548.